The van der Waals surface area contributed by atoms with Crippen molar-refractivity contribution < 1.29 is 9.18 Å². The van der Waals surface area contributed by atoms with Gasteiger partial charge in [-0.1, -0.05) is 0 Å². The minimum atomic E-state index is -0.327. The molecule has 0 fully saturated rings. The summed E-state index contributed by atoms with van der Waals surface area (Å²) in [5.41, 5.74) is 3.13. The number of carbonyl (C=O) groups excluding carboxylic acids is 1. The fourth-order valence-electron chi connectivity index (χ4n) is 3.56. The minimum absolute atomic E-state index is 0.168. The lowest BCUT2D eigenvalue weighted by atomic mass is 10.1. The molecule has 1 N–H and O–H groups in total. The molecule has 4 aromatic heterocycles. The molecular formula is C22H19FN6OS. The predicted octanol–water partition coefficient (Wildman–Crippen LogP) is 5.09. The van der Waals surface area contributed by atoms with Crippen molar-refractivity contribution in [3.63, 3.8) is 0 Å². The number of aryl methyl sites for hydroxylation is 1. The average molecular weight is 435 g/mol. The van der Waals surface area contributed by atoms with Crippen LogP contribution in [0.4, 0.5) is 10.2 Å². The first-order valence-electron chi connectivity index (χ1n) is 9.80. The fourth-order valence-corrected chi connectivity index (χ4v) is 4.28. The number of rotatable bonds is 4. The van der Waals surface area contributed by atoms with E-state index in [4.69, 9.17) is 0 Å². The second-order valence-electron chi connectivity index (χ2n) is 7.54. The molecule has 0 bridgehead atoms. The van der Waals surface area contributed by atoms with E-state index < -0.39 is 0 Å². The molecule has 0 saturated carbocycles. The Balaban J connectivity index is 1.56. The predicted molar refractivity (Wildman–Crippen MR) is 119 cm³/mol. The molecular weight excluding hydrogens is 415 g/mol. The summed E-state index contributed by atoms with van der Waals surface area (Å²) in [4.78, 5) is 23.2. The lowest BCUT2D eigenvalue weighted by Gasteiger charge is -2.10. The van der Waals surface area contributed by atoms with E-state index in [0.717, 1.165) is 21.6 Å². The maximum atomic E-state index is 13.4. The monoisotopic (exact) mass is 434 g/mol. The maximum absolute atomic E-state index is 13.4. The van der Waals surface area contributed by atoms with E-state index in [2.05, 4.69) is 20.4 Å². The number of aromatic nitrogens is 5. The quantitative estimate of drug-likeness (QED) is 0.428. The molecule has 9 heteroatoms. The molecule has 0 radical (unpaired) electrons. The molecule has 0 aliphatic rings. The van der Waals surface area contributed by atoms with Gasteiger partial charge < -0.3 is 5.32 Å². The van der Waals surface area contributed by atoms with Crippen molar-refractivity contribution in [3.05, 3.63) is 65.2 Å². The standard InChI is InChI=1S/C22H19FN6OS/c1-12(2)29-19-15(11-24-29)10-17(13(3)25-19)21(30)27-20-18(14-4-6-16(23)7-5-14)26-22-28(20)8-9-31-22/h4-12H,1-3H3,(H,27,30). The Hall–Kier alpha value is -3.59. The van der Waals surface area contributed by atoms with Crippen LogP contribution in [-0.4, -0.2) is 30.1 Å². The van der Waals surface area contributed by atoms with E-state index in [1.807, 2.05) is 47.5 Å². The smallest absolute Gasteiger partial charge is 0.258 e. The Kier molecular flexibility index (Phi) is 4.55. The first-order valence-corrected chi connectivity index (χ1v) is 10.7. The first-order chi connectivity index (χ1) is 14.9. The molecule has 4 heterocycles. The molecule has 0 aliphatic carbocycles. The number of hydrogen-bond donors (Lipinski definition) is 1. The van der Waals surface area contributed by atoms with E-state index in [0.29, 0.717) is 22.8 Å². The summed E-state index contributed by atoms with van der Waals surface area (Å²) in [6.45, 7) is 5.88. The third-order valence-electron chi connectivity index (χ3n) is 5.11. The van der Waals surface area contributed by atoms with Crippen LogP contribution in [0.15, 0.2) is 48.1 Å². The summed E-state index contributed by atoms with van der Waals surface area (Å²) < 4.78 is 17.1. The van der Waals surface area contributed by atoms with Crippen molar-refractivity contribution in [1.29, 1.82) is 0 Å². The van der Waals surface area contributed by atoms with E-state index >= 15 is 0 Å². The minimum Gasteiger partial charge on any atom is -0.306 e. The first kappa shape index (κ1) is 19.4. The van der Waals surface area contributed by atoms with Gasteiger partial charge in [-0.15, -0.1) is 11.3 Å². The zero-order chi connectivity index (χ0) is 21.7. The highest BCUT2D eigenvalue weighted by molar-refractivity contribution is 7.15. The van der Waals surface area contributed by atoms with Crippen LogP contribution in [-0.2, 0) is 0 Å². The SMILES string of the molecule is Cc1nc2c(cnn2C(C)C)cc1C(=O)Nc1c(-c2ccc(F)cc2)nc2sccn12. The molecule has 0 saturated heterocycles. The molecule has 7 nitrogen and oxygen atoms in total. The third kappa shape index (κ3) is 3.27. The molecule has 5 rings (SSSR count). The van der Waals surface area contributed by atoms with Gasteiger partial charge in [-0.25, -0.2) is 19.0 Å². The summed E-state index contributed by atoms with van der Waals surface area (Å²) in [7, 11) is 0. The van der Waals surface area contributed by atoms with Crippen molar-refractivity contribution in [2.75, 3.05) is 5.32 Å². The van der Waals surface area contributed by atoms with Crippen molar-refractivity contribution >= 4 is 39.1 Å². The summed E-state index contributed by atoms with van der Waals surface area (Å²) in [6.07, 6.45) is 3.56. The normalized spacial score (nSPS) is 11.6. The maximum Gasteiger partial charge on any atom is 0.258 e. The second kappa shape index (κ2) is 7.28. The summed E-state index contributed by atoms with van der Waals surface area (Å²) >= 11 is 1.46. The number of anilines is 1. The average Bonchev–Trinajstić information content (AvgIpc) is 3.43. The number of halogens is 1. The molecule has 1 amide bonds. The molecule has 0 spiro atoms. The number of imidazole rings is 1. The second-order valence-corrected chi connectivity index (χ2v) is 8.42. The van der Waals surface area contributed by atoms with Gasteiger partial charge in [0.1, 0.15) is 17.3 Å². The van der Waals surface area contributed by atoms with Gasteiger partial charge in [0.05, 0.1) is 17.5 Å². The van der Waals surface area contributed by atoms with Crippen LogP contribution < -0.4 is 5.32 Å². The van der Waals surface area contributed by atoms with Crippen LogP contribution in [0.5, 0.6) is 0 Å². The summed E-state index contributed by atoms with van der Waals surface area (Å²) in [5.74, 6) is -0.0851. The molecule has 0 atom stereocenters. The van der Waals surface area contributed by atoms with Gasteiger partial charge in [-0.2, -0.15) is 5.10 Å². The lowest BCUT2D eigenvalue weighted by Crippen LogP contribution is -2.16. The van der Waals surface area contributed by atoms with Gasteiger partial charge in [0.15, 0.2) is 10.6 Å². The number of thiazole rings is 1. The van der Waals surface area contributed by atoms with Crippen LogP contribution in [0.25, 0.3) is 27.3 Å². The molecule has 156 valence electrons. The highest BCUT2D eigenvalue weighted by Crippen LogP contribution is 2.31. The Morgan fingerprint density at radius 2 is 1.97 bits per heavy atom. The number of carbonyl (C=O) groups is 1. The van der Waals surface area contributed by atoms with Gasteiger partial charge in [-0.3, -0.25) is 9.20 Å². The number of amides is 1. The van der Waals surface area contributed by atoms with Crippen LogP contribution in [0.3, 0.4) is 0 Å². The number of hydrogen-bond acceptors (Lipinski definition) is 5. The van der Waals surface area contributed by atoms with Gasteiger partial charge in [0.25, 0.3) is 5.91 Å². The number of pyridine rings is 1. The highest BCUT2D eigenvalue weighted by atomic mass is 32.1. The van der Waals surface area contributed by atoms with Crippen LogP contribution in [0.2, 0.25) is 0 Å². The van der Waals surface area contributed by atoms with Gasteiger partial charge >= 0.3 is 0 Å². The van der Waals surface area contributed by atoms with E-state index in [-0.39, 0.29) is 17.8 Å². The van der Waals surface area contributed by atoms with Gasteiger partial charge in [0.2, 0.25) is 0 Å². The molecule has 31 heavy (non-hydrogen) atoms. The highest BCUT2D eigenvalue weighted by Gasteiger charge is 2.21. The van der Waals surface area contributed by atoms with Crippen LogP contribution in [0, 0.1) is 12.7 Å². The summed E-state index contributed by atoms with van der Waals surface area (Å²) in [6, 6.07) is 8.03. The number of fused-ring (bicyclic) bond motifs is 2. The van der Waals surface area contributed by atoms with E-state index in [1.165, 1.54) is 23.5 Å². The molecule has 0 unspecified atom stereocenters. The molecule has 5 aromatic rings. The largest absolute Gasteiger partial charge is 0.306 e. The molecule has 0 aliphatic heterocycles. The summed E-state index contributed by atoms with van der Waals surface area (Å²) in [5, 5.41) is 10.1. The van der Waals surface area contributed by atoms with E-state index in [1.54, 1.807) is 18.3 Å². The van der Waals surface area contributed by atoms with Crippen LogP contribution >= 0.6 is 11.3 Å². The fraction of sp³-hybridized carbons (Fsp3) is 0.182. The molecule has 1 aromatic carbocycles. The lowest BCUT2D eigenvalue weighted by molar-refractivity contribution is 0.102. The van der Waals surface area contributed by atoms with Crippen molar-refractivity contribution in [1.82, 2.24) is 24.1 Å². The Morgan fingerprint density at radius 1 is 1.19 bits per heavy atom. The van der Waals surface area contributed by atoms with Gasteiger partial charge in [-0.05, 0) is 51.1 Å². The van der Waals surface area contributed by atoms with Crippen molar-refractivity contribution in [2.45, 2.75) is 26.8 Å². The van der Waals surface area contributed by atoms with Crippen molar-refractivity contribution in [2.24, 2.45) is 0 Å². The van der Waals surface area contributed by atoms with E-state index in [9.17, 15) is 9.18 Å². The zero-order valence-corrected chi connectivity index (χ0v) is 17.9. The Morgan fingerprint density at radius 3 is 2.71 bits per heavy atom. The zero-order valence-electron chi connectivity index (χ0n) is 17.1. The topological polar surface area (TPSA) is 77.1 Å². The third-order valence-corrected chi connectivity index (χ3v) is 5.86. The number of nitrogens with zero attached hydrogens (tertiary/aromatic N) is 5. The Bertz CT molecular complexity index is 1430. The van der Waals surface area contributed by atoms with Crippen LogP contribution in [0.1, 0.15) is 35.9 Å². The number of nitrogens with one attached hydrogen (secondary N) is 1. The van der Waals surface area contributed by atoms with Gasteiger partial charge in [0, 0.05) is 28.6 Å². The number of benzene rings is 1. The van der Waals surface area contributed by atoms with Crippen molar-refractivity contribution in [3.8, 4) is 11.3 Å². The Labute approximate surface area is 181 Å².